The topological polar surface area (TPSA) is 93.1 Å². The third kappa shape index (κ3) is 5.11. The molecule has 0 unspecified atom stereocenters. The zero-order valence-electron chi connectivity index (χ0n) is 17.4. The lowest BCUT2D eigenvalue weighted by atomic mass is 10.1. The van der Waals surface area contributed by atoms with Crippen LogP contribution in [0.3, 0.4) is 0 Å². The molecular formula is C23H19F3N4O3. The van der Waals surface area contributed by atoms with E-state index in [1.165, 1.54) is 25.1 Å². The van der Waals surface area contributed by atoms with Crippen LogP contribution in [0.1, 0.15) is 44.9 Å². The average Bonchev–Trinajstić information content (AvgIpc) is 3.57. The fraction of sp³-hybridized carbons (Fsp3) is 0.217. The first-order chi connectivity index (χ1) is 15.6. The molecular weight excluding hydrogens is 437 g/mol. The van der Waals surface area contributed by atoms with E-state index in [1.807, 2.05) is 0 Å². The standard InChI is InChI=1S/C23H19F3N4O3/c1-13-10-19(31)20(29-30(13)18-7-3-5-15(12-18)23(24,25)26)22(33)28-17-6-2-4-14(11-17)21(32)27-16-8-9-16/h2-7,10-12,16H,8-9H2,1H3,(H,27,32)(H,28,33). The molecule has 2 aromatic carbocycles. The molecule has 0 spiro atoms. The van der Waals surface area contributed by atoms with E-state index in [2.05, 4.69) is 15.7 Å². The maximum atomic E-state index is 13.1. The summed E-state index contributed by atoms with van der Waals surface area (Å²) >= 11 is 0. The number of carbonyl (C=O) groups excluding carboxylic acids is 2. The molecule has 4 rings (SSSR count). The predicted molar refractivity (Wildman–Crippen MR) is 114 cm³/mol. The lowest BCUT2D eigenvalue weighted by Gasteiger charge is -2.14. The van der Waals surface area contributed by atoms with E-state index in [0.29, 0.717) is 5.56 Å². The van der Waals surface area contributed by atoms with Crippen molar-refractivity contribution in [1.82, 2.24) is 15.1 Å². The van der Waals surface area contributed by atoms with E-state index < -0.39 is 28.8 Å². The summed E-state index contributed by atoms with van der Waals surface area (Å²) in [6.45, 7) is 1.50. The molecule has 33 heavy (non-hydrogen) atoms. The second-order valence-electron chi connectivity index (χ2n) is 7.74. The van der Waals surface area contributed by atoms with Gasteiger partial charge in [0.25, 0.3) is 11.8 Å². The van der Waals surface area contributed by atoms with Gasteiger partial charge < -0.3 is 10.6 Å². The van der Waals surface area contributed by atoms with Gasteiger partial charge in [-0.05, 0) is 56.2 Å². The number of alkyl halides is 3. The van der Waals surface area contributed by atoms with Gasteiger partial charge in [-0.3, -0.25) is 14.4 Å². The number of nitrogens with one attached hydrogen (secondary N) is 2. The number of carbonyl (C=O) groups is 2. The van der Waals surface area contributed by atoms with Crippen molar-refractivity contribution in [3.63, 3.8) is 0 Å². The van der Waals surface area contributed by atoms with Gasteiger partial charge in [0.05, 0.1) is 11.3 Å². The van der Waals surface area contributed by atoms with E-state index in [4.69, 9.17) is 0 Å². The Balaban J connectivity index is 1.61. The summed E-state index contributed by atoms with van der Waals surface area (Å²) in [4.78, 5) is 37.4. The largest absolute Gasteiger partial charge is 0.416 e. The highest BCUT2D eigenvalue weighted by Crippen LogP contribution is 2.30. The number of aryl methyl sites for hydroxylation is 1. The van der Waals surface area contributed by atoms with Gasteiger partial charge >= 0.3 is 6.18 Å². The van der Waals surface area contributed by atoms with Crippen LogP contribution in [0.4, 0.5) is 18.9 Å². The average molecular weight is 456 g/mol. The third-order valence-electron chi connectivity index (χ3n) is 5.04. The van der Waals surface area contributed by atoms with Crippen LogP contribution in [-0.2, 0) is 6.18 Å². The predicted octanol–water partition coefficient (Wildman–Crippen LogP) is 3.70. The molecule has 1 aromatic heterocycles. The lowest BCUT2D eigenvalue weighted by Crippen LogP contribution is -2.27. The Morgan fingerprint density at radius 2 is 1.76 bits per heavy atom. The van der Waals surface area contributed by atoms with Crippen LogP contribution in [0.2, 0.25) is 0 Å². The van der Waals surface area contributed by atoms with Gasteiger partial charge in [0.15, 0.2) is 5.69 Å². The Morgan fingerprint density at radius 3 is 2.45 bits per heavy atom. The number of rotatable bonds is 5. The van der Waals surface area contributed by atoms with Gasteiger partial charge in [0.1, 0.15) is 0 Å². The van der Waals surface area contributed by atoms with Crippen molar-refractivity contribution in [1.29, 1.82) is 0 Å². The highest BCUT2D eigenvalue weighted by molar-refractivity contribution is 6.03. The Kier molecular flexibility index (Phi) is 5.75. The van der Waals surface area contributed by atoms with Crippen LogP contribution >= 0.6 is 0 Å². The molecule has 10 heteroatoms. The second-order valence-corrected chi connectivity index (χ2v) is 7.74. The van der Waals surface area contributed by atoms with Crippen molar-refractivity contribution in [2.75, 3.05) is 5.32 Å². The Morgan fingerprint density at radius 1 is 1.03 bits per heavy atom. The summed E-state index contributed by atoms with van der Waals surface area (Å²) < 4.78 is 40.4. The van der Waals surface area contributed by atoms with Crippen molar-refractivity contribution in [3.05, 3.63) is 87.3 Å². The summed E-state index contributed by atoms with van der Waals surface area (Å²) in [6.07, 6.45) is -2.70. The minimum Gasteiger partial charge on any atom is -0.349 e. The molecule has 0 radical (unpaired) electrons. The number of aromatic nitrogens is 2. The molecule has 1 fully saturated rings. The smallest absolute Gasteiger partial charge is 0.349 e. The third-order valence-corrected chi connectivity index (χ3v) is 5.04. The van der Waals surface area contributed by atoms with E-state index in [9.17, 15) is 27.6 Å². The quantitative estimate of drug-likeness (QED) is 0.612. The van der Waals surface area contributed by atoms with Crippen LogP contribution in [0.5, 0.6) is 0 Å². The molecule has 1 aliphatic rings. The summed E-state index contributed by atoms with van der Waals surface area (Å²) in [7, 11) is 0. The van der Waals surface area contributed by atoms with Gasteiger partial charge in [-0.15, -0.1) is 0 Å². The Bertz CT molecular complexity index is 1300. The molecule has 0 saturated heterocycles. The number of hydrogen-bond donors (Lipinski definition) is 2. The fourth-order valence-electron chi connectivity index (χ4n) is 3.20. The number of nitrogens with zero attached hydrogens (tertiary/aromatic N) is 2. The van der Waals surface area contributed by atoms with Gasteiger partial charge in [0.2, 0.25) is 5.43 Å². The monoisotopic (exact) mass is 456 g/mol. The van der Waals surface area contributed by atoms with Crippen molar-refractivity contribution < 1.29 is 22.8 Å². The van der Waals surface area contributed by atoms with Crippen LogP contribution in [-0.4, -0.2) is 27.6 Å². The number of anilines is 1. The first kappa shape index (κ1) is 22.3. The summed E-state index contributed by atoms with van der Waals surface area (Å²) in [5.74, 6) is -1.12. The van der Waals surface area contributed by atoms with E-state index in [1.54, 1.807) is 18.2 Å². The van der Waals surface area contributed by atoms with Gasteiger partial charge in [-0.25, -0.2) is 4.68 Å². The van der Waals surface area contributed by atoms with Gasteiger partial charge in [0, 0.05) is 29.1 Å². The van der Waals surface area contributed by atoms with Gasteiger partial charge in [-0.2, -0.15) is 18.3 Å². The molecule has 2 amide bonds. The summed E-state index contributed by atoms with van der Waals surface area (Å²) in [6, 6.07) is 11.9. The number of hydrogen-bond acceptors (Lipinski definition) is 4. The minimum atomic E-state index is -4.56. The maximum Gasteiger partial charge on any atom is 0.416 e. The molecule has 170 valence electrons. The molecule has 1 saturated carbocycles. The van der Waals surface area contributed by atoms with Crippen molar-refractivity contribution in [2.45, 2.75) is 32.0 Å². The van der Waals surface area contributed by atoms with E-state index in [0.717, 1.165) is 35.7 Å². The number of halogens is 3. The normalized spacial score (nSPS) is 13.5. The minimum absolute atomic E-state index is 0.0510. The Hall–Kier alpha value is -3.95. The molecule has 7 nitrogen and oxygen atoms in total. The van der Waals surface area contributed by atoms with Crippen molar-refractivity contribution >= 4 is 17.5 Å². The zero-order valence-corrected chi connectivity index (χ0v) is 17.4. The summed E-state index contributed by atoms with van der Waals surface area (Å²) in [5, 5.41) is 9.38. The van der Waals surface area contributed by atoms with E-state index >= 15 is 0 Å². The van der Waals surface area contributed by atoms with Crippen LogP contribution in [0.15, 0.2) is 59.4 Å². The molecule has 0 bridgehead atoms. The van der Waals surface area contributed by atoms with Crippen LogP contribution in [0.25, 0.3) is 5.69 Å². The second kappa shape index (κ2) is 8.53. The molecule has 2 N–H and O–H groups in total. The highest BCUT2D eigenvalue weighted by atomic mass is 19.4. The molecule has 0 atom stereocenters. The highest BCUT2D eigenvalue weighted by Gasteiger charge is 2.30. The van der Waals surface area contributed by atoms with Gasteiger partial charge in [-0.1, -0.05) is 12.1 Å². The summed E-state index contributed by atoms with van der Waals surface area (Å²) in [5.41, 5.74) is -1.13. The SMILES string of the molecule is Cc1cc(=O)c(C(=O)Nc2cccc(C(=O)NC3CC3)c2)nn1-c1cccc(C(F)(F)F)c1. The first-order valence-corrected chi connectivity index (χ1v) is 10.1. The molecule has 1 aliphatic carbocycles. The lowest BCUT2D eigenvalue weighted by molar-refractivity contribution is -0.137. The first-order valence-electron chi connectivity index (χ1n) is 10.1. The van der Waals surface area contributed by atoms with Crippen LogP contribution < -0.4 is 16.1 Å². The number of benzene rings is 2. The van der Waals surface area contributed by atoms with Crippen molar-refractivity contribution in [2.24, 2.45) is 0 Å². The Labute approximate surface area is 186 Å². The van der Waals surface area contributed by atoms with Crippen molar-refractivity contribution in [3.8, 4) is 5.69 Å². The molecule has 3 aromatic rings. The fourth-order valence-corrected chi connectivity index (χ4v) is 3.20. The van der Waals surface area contributed by atoms with Crippen LogP contribution in [0, 0.1) is 6.92 Å². The number of amides is 2. The zero-order chi connectivity index (χ0) is 23.8. The maximum absolute atomic E-state index is 13.1. The molecule has 0 aliphatic heterocycles. The molecule has 1 heterocycles. The van der Waals surface area contributed by atoms with E-state index in [-0.39, 0.29) is 29.0 Å².